The van der Waals surface area contributed by atoms with Crippen molar-refractivity contribution in [2.75, 3.05) is 19.6 Å². The lowest BCUT2D eigenvalue weighted by molar-refractivity contribution is -0.137. The van der Waals surface area contributed by atoms with Crippen LogP contribution >= 0.6 is 12.4 Å². The molecule has 2 rings (SSSR count). The van der Waals surface area contributed by atoms with Gasteiger partial charge in [-0.3, -0.25) is 0 Å². The average molecular weight is 359 g/mol. The van der Waals surface area contributed by atoms with Crippen molar-refractivity contribution in [1.29, 1.82) is 0 Å². The molecule has 1 aliphatic rings. The number of rotatable bonds is 2. The van der Waals surface area contributed by atoms with Crippen molar-refractivity contribution in [3.8, 4) is 0 Å². The van der Waals surface area contributed by atoms with Gasteiger partial charge >= 0.3 is 6.18 Å². The second-order valence-electron chi connectivity index (χ2n) is 5.20. The summed E-state index contributed by atoms with van der Waals surface area (Å²) in [6, 6.07) is 2.74. The highest BCUT2D eigenvalue weighted by Crippen LogP contribution is 2.32. The standard InChI is InChI=1S/C13H17F3N2O2S.ClH/c1-9-7-11(13(14,15)16)3-4-12(9)21(19,20)18-6-5-17-10(2)8-18;/h3-4,7,10,17H,5-6,8H2,1-2H3;1H/t10-;/m1./s1. The maximum atomic E-state index is 12.6. The van der Waals surface area contributed by atoms with E-state index in [4.69, 9.17) is 0 Å². The van der Waals surface area contributed by atoms with Crippen LogP contribution in [0.4, 0.5) is 13.2 Å². The Morgan fingerprint density at radius 2 is 1.95 bits per heavy atom. The quantitative estimate of drug-likeness (QED) is 0.883. The Morgan fingerprint density at radius 1 is 1.32 bits per heavy atom. The minimum Gasteiger partial charge on any atom is -0.312 e. The summed E-state index contributed by atoms with van der Waals surface area (Å²) in [6.07, 6.45) is -4.48. The van der Waals surface area contributed by atoms with Gasteiger partial charge in [-0.15, -0.1) is 12.4 Å². The number of piperazine rings is 1. The summed E-state index contributed by atoms with van der Waals surface area (Å²) in [5.74, 6) is 0. The zero-order valence-corrected chi connectivity index (χ0v) is 13.8. The van der Waals surface area contributed by atoms with E-state index in [9.17, 15) is 21.6 Å². The largest absolute Gasteiger partial charge is 0.416 e. The molecule has 4 nitrogen and oxygen atoms in total. The fourth-order valence-electron chi connectivity index (χ4n) is 2.37. The van der Waals surface area contributed by atoms with Gasteiger partial charge in [0.15, 0.2) is 0 Å². The third kappa shape index (κ3) is 3.92. The molecule has 22 heavy (non-hydrogen) atoms. The molecule has 0 saturated carbocycles. The Hall–Kier alpha value is -0.830. The lowest BCUT2D eigenvalue weighted by Gasteiger charge is -2.31. The molecule has 9 heteroatoms. The highest BCUT2D eigenvalue weighted by atomic mass is 35.5. The number of alkyl halides is 3. The number of nitrogens with one attached hydrogen (secondary N) is 1. The Balaban J connectivity index is 0.00000242. The lowest BCUT2D eigenvalue weighted by atomic mass is 10.1. The fraction of sp³-hybridized carbons (Fsp3) is 0.538. The molecule has 1 atom stereocenters. The Labute approximate surface area is 134 Å². The lowest BCUT2D eigenvalue weighted by Crippen LogP contribution is -2.51. The molecule has 0 radical (unpaired) electrons. The number of benzene rings is 1. The van der Waals surface area contributed by atoms with Gasteiger partial charge in [-0.05, 0) is 37.6 Å². The van der Waals surface area contributed by atoms with E-state index >= 15 is 0 Å². The van der Waals surface area contributed by atoms with Crippen LogP contribution in [-0.2, 0) is 16.2 Å². The van der Waals surface area contributed by atoms with E-state index < -0.39 is 21.8 Å². The maximum Gasteiger partial charge on any atom is 0.416 e. The van der Waals surface area contributed by atoms with Crippen molar-refractivity contribution in [1.82, 2.24) is 9.62 Å². The van der Waals surface area contributed by atoms with Crippen LogP contribution in [0.25, 0.3) is 0 Å². The van der Waals surface area contributed by atoms with Gasteiger partial charge in [0.2, 0.25) is 10.0 Å². The predicted molar refractivity (Wildman–Crippen MR) is 79.7 cm³/mol. The van der Waals surface area contributed by atoms with Crippen molar-refractivity contribution in [2.45, 2.75) is 31.0 Å². The molecular formula is C13H18ClF3N2O2S. The summed E-state index contributed by atoms with van der Waals surface area (Å²) in [4.78, 5) is -0.0652. The van der Waals surface area contributed by atoms with Crippen molar-refractivity contribution in [2.24, 2.45) is 0 Å². The zero-order valence-electron chi connectivity index (χ0n) is 12.1. The average Bonchev–Trinajstić information content (AvgIpc) is 2.37. The highest BCUT2D eigenvalue weighted by Gasteiger charge is 2.33. The van der Waals surface area contributed by atoms with Gasteiger partial charge < -0.3 is 5.32 Å². The van der Waals surface area contributed by atoms with Crippen LogP contribution in [0.2, 0.25) is 0 Å². The molecule has 1 saturated heterocycles. The number of hydrogen-bond donors (Lipinski definition) is 1. The van der Waals surface area contributed by atoms with Crippen molar-refractivity contribution >= 4 is 22.4 Å². The van der Waals surface area contributed by atoms with Crippen LogP contribution in [0.1, 0.15) is 18.1 Å². The van der Waals surface area contributed by atoms with Crippen LogP contribution in [0, 0.1) is 6.92 Å². The van der Waals surface area contributed by atoms with Gasteiger partial charge in [-0.2, -0.15) is 17.5 Å². The molecule has 0 spiro atoms. The summed E-state index contributed by atoms with van der Waals surface area (Å²) in [6.45, 7) is 4.39. The number of sulfonamides is 1. The van der Waals surface area contributed by atoms with E-state index in [0.717, 1.165) is 18.2 Å². The Kier molecular flexibility index (Phi) is 5.88. The summed E-state index contributed by atoms with van der Waals surface area (Å²) in [5, 5.41) is 3.12. The summed E-state index contributed by atoms with van der Waals surface area (Å²) in [7, 11) is -3.76. The maximum absolute atomic E-state index is 12.6. The SMILES string of the molecule is Cc1cc(C(F)(F)F)ccc1S(=O)(=O)N1CCN[C@H](C)C1.Cl. The van der Waals surface area contributed by atoms with Gasteiger partial charge in [0.25, 0.3) is 0 Å². The van der Waals surface area contributed by atoms with E-state index in [-0.39, 0.29) is 28.9 Å². The predicted octanol–water partition coefficient (Wildman–Crippen LogP) is 2.42. The smallest absolute Gasteiger partial charge is 0.312 e. The second-order valence-corrected chi connectivity index (χ2v) is 7.10. The normalized spacial score (nSPS) is 20.5. The Bertz CT molecular complexity index is 635. The molecule has 1 aromatic rings. The number of aryl methyl sites for hydroxylation is 1. The summed E-state index contributed by atoms with van der Waals surface area (Å²) in [5.41, 5.74) is -0.733. The second kappa shape index (κ2) is 6.74. The van der Waals surface area contributed by atoms with E-state index in [2.05, 4.69) is 5.32 Å². The van der Waals surface area contributed by atoms with E-state index in [0.29, 0.717) is 19.6 Å². The van der Waals surface area contributed by atoms with Crippen LogP contribution in [0.5, 0.6) is 0 Å². The molecule has 0 amide bonds. The van der Waals surface area contributed by atoms with Crippen LogP contribution in [0.15, 0.2) is 23.1 Å². The molecule has 0 unspecified atom stereocenters. The van der Waals surface area contributed by atoms with E-state index in [1.165, 1.54) is 11.2 Å². The van der Waals surface area contributed by atoms with Crippen molar-refractivity contribution in [3.05, 3.63) is 29.3 Å². The molecule has 1 N–H and O–H groups in total. The third-order valence-corrected chi connectivity index (χ3v) is 5.48. The topological polar surface area (TPSA) is 49.4 Å². The fourth-order valence-corrected chi connectivity index (χ4v) is 4.10. The molecular weight excluding hydrogens is 341 g/mol. The van der Waals surface area contributed by atoms with Crippen LogP contribution in [0.3, 0.4) is 0 Å². The zero-order chi connectivity index (χ0) is 15.8. The molecule has 1 aromatic carbocycles. The summed E-state index contributed by atoms with van der Waals surface area (Å²) < 4.78 is 64.3. The number of halogens is 4. The van der Waals surface area contributed by atoms with Gasteiger partial charge in [0, 0.05) is 25.7 Å². The van der Waals surface area contributed by atoms with Gasteiger partial charge in [0.05, 0.1) is 10.5 Å². The summed E-state index contributed by atoms with van der Waals surface area (Å²) >= 11 is 0. The van der Waals surface area contributed by atoms with Crippen molar-refractivity contribution in [3.63, 3.8) is 0 Å². The molecule has 0 bridgehead atoms. The van der Waals surface area contributed by atoms with Crippen molar-refractivity contribution < 1.29 is 21.6 Å². The van der Waals surface area contributed by atoms with Gasteiger partial charge in [-0.25, -0.2) is 8.42 Å². The first-order chi connectivity index (χ1) is 9.62. The highest BCUT2D eigenvalue weighted by molar-refractivity contribution is 7.89. The first-order valence-electron chi connectivity index (χ1n) is 6.54. The minimum absolute atomic E-state index is 0. The number of hydrogen-bond acceptors (Lipinski definition) is 3. The van der Waals surface area contributed by atoms with Crippen LogP contribution in [-0.4, -0.2) is 38.4 Å². The molecule has 1 fully saturated rings. The van der Waals surface area contributed by atoms with E-state index in [1.54, 1.807) is 0 Å². The molecule has 0 aromatic heterocycles. The minimum atomic E-state index is -4.48. The third-order valence-electron chi connectivity index (χ3n) is 3.45. The number of nitrogens with zero attached hydrogens (tertiary/aromatic N) is 1. The first-order valence-corrected chi connectivity index (χ1v) is 7.98. The van der Waals surface area contributed by atoms with Gasteiger partial charge in [0.1, 0.15) is 0 Å². The molecule has 0 aliphatic carbocycles. The first kappa shape index (κ1) is 19.2. The molecule has 126 valence electrons. The van der Waals surface area contributed by atoms with E-state index in [1.807, 2.05) is 6.92 Å². The monoisotopic (exact) mass is 358 g/mol. The van der Waals surface area contributed by atoms with Gasteiger partial charge in [-0.1, -0.05) is 0 Å². The Morgan fingerprint density at radius 3 is 2.45 bits per heavy atom. The van der Waals surface area contributed by atoms with Crippen LogP contribution < -0.4 is 5.32 Å². The molecule has 1 aliphatic heterocycles. The molecule has 1 heterocycles.